The number of hydrogen-bond donors (Lipinski definition) is 1. The molecule has 0 saturated carbocycles. The number of methoxy groups -OCH3 is 1. The first-order chi connectivity index (χ1) is 15.3. The molecule has 3 nitrogen and oxygen atoms in total. The van der Waals surface area contributed by atoms with Gasteiger partial charge in [0.15, 0.2) is 0 Å². The van der Waals surface area contributed by atoms with Gasteiger partial charge in [-0.3, -0.25) is 4.79 Å². The molecule has 0 aliphatic heterocycles. The molecule has 0 aliphatic rings. The van der Waals surface area contributed by atoms with E-state index >= 15 is 0 Å². The second kappa shape index (κ2) is 10.9. The van der Waals surface area contributed by atoms with Gasteiger partial charge in [0.25, 0.3) is 5.91 Å². The van der Waals surface area contributed by atoms with Crippen LogP contribution in [0, 0.1) is 6.92 Å². The summed E-state index contributed by atoms with van der Waals surface area (Å²) in [5.41, 5.74) is 5.19. The number of halogens is 1. The van der Waals surface area contributed by atoms with Crippen LogP contribution < -0.4 is 10.1 Å². The lowest BCUT2D eigenvalue weighted by Crippen LogP contribution is -2.27. The van der Waals surface area contributed by atoms with Gasteiger partial charge in [-0.25, -0.2) is 0 Å². The second-order valence-electron chi connectivity index (χ2n) is 8.24. The van der Waals surface area contributed by atoms with Crippen molar-refractivity contribution in [1.29, 1.82) is 0 Å². The molecule has 5 heteroatoms. The summed E-state index contributed by atoms with van der Waals surface area (Å²) in [6, 6.07) is 19.7. The van der Waals surface area contributed by atoms with E-state index in [2.05, 4.69) is 38.2 Å². The first-order valence-electron chi connectivity index (χ1n) is 10.7. The fourth-order valence-corrected chi connectivity index (χ4v) is 4.60. The maximum absolute atomic E-state index is 12.9. The number of hydrogen-bond acceptors (Lipinski definition) is 3. The van der Waals surface area contributed by atoms with Gasteiger partial charge >= 0.3 is 0 Å². The van der Waals surface area contributed by atoms with Crippen LogP contribution in [0.25, 0.3) is 0 Å². The van der Waals surface area contributed by atoms with E-state index in [0.29, 0.717) is 11.5 Å². The van der Waals surface area contributed by atoms with Gasteiger partial charge in [0.2, 0.25) is 0 Å². The number of ether oxygens (including phenoxy) is 1. The van der Waals surface area contributed by atoms with Gasteiger partial charge in [-0.15, -0.1) is 11.8 Å². The molecule has 0 bridgehead atoms. The summed E-state index contributed by atoms with van der Waals surface area (Å²) in [6.07, 6.45) is 0. The van der Waals surface area contributed by atoms with Crippen molar-refractivity contribution in [2.45, 2.75) is 50.3 Å². The Bertz CT molecular complexity index is 1060. The number of benzene rings is 3. The second-order valence-corrected chi connectivity index (χ2v) is 9.73. The molecule has 3 aromatic carbocycles. The van der Waals surface area contributed by atoms with Crippen molar-refractivity contribution in [3.63, 3.8) is 0 Å². The first-order valence-corrected chi connectivity index (χ1v) is 12.1. The van der Waals surface area contributed by atoms with Crippen LogP contribution in [0.15, 0.2) is 65.6 Å². The number of amides is 1. The minimum Gasteiger partial charge on any atom is -0.496 e. The van der Waals surface area contributed by atoms with E-state index < -0.39 is 0 Å². The van der Waals surface area contributed by atoms with Crippen LogP contribution in [0.5, 0.6) is 5.75 Å². The molecule has 0 heterocycles. The summed E-state index contributed by atoms with van der Waals surface area (Å²) in [7, 11) is 1.70. The third kappa shape index (κ3) is 6.08. The molecule has 3 rings (SSSR count). The summed E-state index contributed by atoms with van der Waals surface area (Å²) in [5, 5.41) is 3.88. The normalized spacial score (nSPS) is 12.0. The highest BCUT2D eigenvalue weighted by Crippen LogP contribution is 2.32. The number of nitrogens with one attached hydrogen (secondary N) is 1. The van der Waals surface area contributed by atoms with Crippen molar-refractivity contribution in [1.82, 2.24) is 5.32 Å². The van der Waals surface area contributed by atoms with Gasteiger partial charge in [0.1, 0.15) is 5.75 Å². The lowest BCUT2D eigenvalue weighted by molar-refractivity contribution is 0.0940. The van der Waals surface area contributed by atoms with Gasteiger partial charge in [0, 0.05) is 21.2 Å². The fourth-order valence-electron chi connectivity index (χ4n) is 3.62. The monoisotopic (exact) mass is 467 g/mol. The largest absolute Gasteiger partial charge is 0.496 e. The minimum atomic E-state index is -0.106. The molecule has 0 saturated heterocycles. The predicted molar refractivity (Wildman–Crippen MR) is 135 cm³/mol. The third-order valence-electron chi connectivity index (χ3n) is 5.49. The molecule has 1 N–H and O–H groups in total. The Balaban J connectivity index is 1.65. The molecule has 0 spiro atoms. The van der Waals surface area contributed by atoms with E-state index in [0.717, 1.165) is 33.2 Å². The Morgan fingerprint density at radius 3 is 2.25 bits per heavy atom. The van der Waals surface area contributed by atoms with E-state index in [-0.39, 0.29) is 11.9 Å². The smallest absolute Gasteiger partial charge is 0.251 e. The molecule has 1 amide bonds. The minimum absolute atomic E-state index is 0.0734. The number of carbonyl (C=O) groups excluding carboxylic acids is 1. The van der Waals surface area contributed by atoms with Gasteiger partial charge in [-0.2, -0.15) is 0 Å². The highest BCUT2D eigenvalue weighted by Gasteiger charge is 2.17. The van der Waals surface area contributed by atoms with Gasteiger partial charge in [0.05, 0.1) is 13.2 Å². The quantitative estimate of drug-likeness (QED) is 0.347. The van der Waals surface area contributed by atoms with Crippen LogP contribution in [0.4, 0.5) is 0 Å². The third-order valence-corrected chi connectivity index (χ3v) is 6.82. The Labute approximate surface area is 200 Å². The maximum Gasteiger partial charge on any atom is 0.251 e. The lowest BCUT2D eigenvalue weighted by Gasteiger charge is -2.21. The average molecular weight is 468 g/mol. The van der Waals surface area contributed by atoms with Crippen LogP contribution in [-0.4, -0.2) is 13.0 Å². The topological polar surface area (TPSA) is 38.3 Å². The highest BCUT2D eigenvalue weighted by atomic mass is 35.5. The van der Waals surface area contributed by atoms with Crippen molar-refractivity contribution >= 4 is 29.3 Å². The molecule has 1 atom stereocenters. The SMILES string of the molecule is COc1cc(C)c([C@@H](C)NC(=O)c2ccc(CSc3ccc(Cl)cc3)cc2)cc1C(C)C. The average Bonchev–Trinajstić information content (AvgIpc) is 2.78. The summed E-state index contributed by atoms with van der Waals surface area (Å²) in [5.74, 6) is 2.00. The van der Waals surface area contributed by atoms with E-state index in [1.165, 1.54) is 10.5 Å². The van der Waals surface area contributed by atoms with Crippen molar-refractivity contribution in [2.24, 2.45) is 0 Å². The summed E-state index contributed by atoms with van der Waals surface area (Å²) in [4.78, 5) is 14.0. The van der Waals surface area contributed by atoms with E-state index in [9.17, 15) is 4.79 Å². The first kappa shape index (κ1) is 24.2. The van der Waals surface area contributed by atoms with Crippen molar-refractivity contribution in [3.8, 4) is 5.75 Å². The highest BCUT2D eigenvalue weighted by molar-refractivity contribution is 7.98. The standard InChI is InChI=1S/C27H30ClNO2S/c1-17(2)24-15-25(18(3)14-26(24)31-5)19(4)29-27(30)21-8-6-20(7-9-21)16-32-23-12-10-22(28)11-13-23/h6-15,17,19H,16H2,1-5H3,(H,29,30)/t19-/m1/s1. The zero-order valence-electron chi connectivity index (χ0n) is 19.2. The molecule has 0 unspecified atom stereocenters. The predicted octanol–water partition coefficient (Wildman–Crippen LogP) is 7.56. The molecule has 3 aromatic rings. The van der Waals surface area contributed by atoms with Crippen LogP contribution in [0.1, 0.15) is 65.3 Å². The van der Waals surface area contributed by atoms with E-state index in [1.807, 2.05) is 55.5 Å². The van der Waals surface area contributed by atoms with Gasteiger partial charge in [-0.05, 0) is 90.6 Å². The van der Waals surface area contributed by atoms with Crippen LogP contribution >= 0.6 is 23.4 Å². The molecule has 168 valence electrons. The molecule has 0 aromatic heterocycles. The maximum atomic E-state index is 12.9. The molecular weight excluding hydrogens is 438 g/mol. The van der Waals surface area contributed by atoms with E-state index in [1.54, 1.807) is 18.9 Å². The molecule has 0 fully saturated rings. The number of thioether (sulfide) groups is 1. The van der Waals surface area contributed by atoms with Crippen LogP contribution in [-0.2, 0) is 5.75 Å². The van der Waals surface area contributed by atoms with Gasteiger partial charge < -0.3 is 10.1 Å². The Morgan fingerprint density at radius 2 is 1.66 bits per heavy atom. The van der Waals surface area contributed by atoms with Crippen molar-refractivity contribution < 1.29 is 9.53 Å². The van der Waals surface area contributed by atoms with E-state index in [4.69, 9.17) is 16.3 Å². The summed E-state index contributed by atoms with van der Waals surface area (Å²) < 4.78 is 5.54. The summed E-state index contributed by atoms with van der Waals surface area (Å²) in [6.45, 7) is 8.37. The Kier molecular flexibility index (Phi) is 8.27. The Hall–Kier alpha value is -2.43. The van der Waals surface area contributed by atoms with Gasteiger partial charge in [-0.1, -0.05) is 37.6 Å². The van der Waals surface area contributed by atoms with Crippen LogP contribution in [0.3, 0.4) is 0 Å². The van der Waals surface area contributed by atoms with Crippen LogP contribution in [0.2, 0.25) is 5.02 Å². The molecule has 0 radical (unpaired) electrons. The summed E-state index contributed by atoms with van der Waals surface area (Å²) >= 11 is 7.68. The lowest BCUT2D eigenvalue weighted by atomic mass is 9.93. The number of rotatable bonds is 8. The molecule has 0 aliphatic carbocycles. The zero-order chi connectivity index (χ0) is 23.3. The molecular formula is C27H30ClNO2S. The van der Waals surface area contributed by atoms with Crippen molar-refractivity contribution in [2.75, 3.05) is 7.11 Å². The number of carbonyl (C=O) groups is 1. The number of aryl methyl sites for hydroxylation is 1. The Morgan fingerprint density at radius 1 is 1.00 bits per heavy atom. The van der Waals surface area contributed by atoms with Crippen molar-refractivity contribution in [3.05, 3.63) is 93.5 Å². The zero-order valence-corrected chi connectivity index (χ0v) is 20.8. The molecule has 32 heavy (non-hydrogen) atoms. The fraction of sp³-hybridized carbons (Fsp3) is 0.296.